The molecule has 1 heterocycles. The van der Waals surface area contributed by atoms with Gasteiger partial charge in [-0.25, -0.2) is 4.39 Å². The molecule has 0 saturated heterocycles. The molecule has 5 rings (SSSR count). The second-order valence-corrected chi connectivity index (χ2v) is 8.42. The number of hydrogen-bond acceptors (Lipinski definition) is 2. The SMILES string of the molecule is O=C(N[C@@H](Cc1c[nH]c2ccccc12)C(=O)Nc1ccc2c(c1)CCC2)c1ccc(F)cc1. The van der Waals surface area contributed by atoms with E-state index in [0.29, 0.717) is 12.0 Å². The van der Waals surface area contributed by atoms with E-state index in [1.165, 1.54) is 35.4 Å². The molecular formula is C27H24FN3O2. The number of benzene rings is 3. The van der Waals surface area contributed by atoms with Crippen molar-refractivity contribution >= 4 is 28.4 Å². The molecule has 0 spiro atoms. The highest BCUT2D eigenvalue weighted by atomic mass is 19.1. The maximum absolute atomic E-state index is 13.3. The van der Waals surface area contributed by atoms with Gasteiger partial charge in [-0.05, 0) is 78.4 Å². The van der Waals surface area contributed by atoms with Gasteiger partial charge in [-0.3, -0.25) is 9.59 Å². The molecule has 0 bridgehead atoms. The highest BCUT2D eigenvalue weighted by Crippen LogP contribution is 2.25. The summed E-state index contributed by atoms with van der Waals surface area (Å²) in [6.07, 6.45) is 5.39. The zero-order valence-corrected chi connectivity index (χ0v) is 18.0. The van der Waals surface area contributed by atoms with Crippen LogP contribution < -0.4 is 10.6 Å². The minimum absolute atomic E-state index is 0.297. The Morgan fingerprint density at radius 1 is 0.970 bits per heavy atom. The first kappa shape index (κ1) is 20.9. The van der Waals surface area contributed by atoms with Gasteiger partial charge in [0.25, 0.3) is 5.91 Å². The number of fused-ring (bicyclic) bond motifs is 2. The summed E-state index contributed by atoms with van der Waals surface area (Å²) in [7, 11) is 0. The Hall–Kier alpha value is -3.93. The number of para-hydroxylation sites is 1. The topological polar surface area (TPSA) is 74.0 Å². The lowest BCUT2D eigenvalue weighted by Crippen LogP contribution is -2.45. The van der Waals surface area contributed by atoms with Crippen molar-refractivity contribution < 1.29 is 14.0 Å². The summed E-state index contributed by atoms with van der Waals surface area (Å²) in [5.41, 5.74) is 5.50. The summed E-state index contributed by atoms with van der Waals surface area (Å²) in [6, 6.07) is 18.3. The number of carbonyl (C=O) groups is 2. The van der Waals surface area contributed by atoms with Crippen molar-refractivity contribution in [3.8, 4) is 0 Å². The van der Waals surface area contributed by atoms with Gasteiger partial charge in [0, 0.05) is 34.8 Å². The predicted octanol–water partition coefficient (Wildman–Crippen LogP) is 4.78. The van der Waals surface area contributed by atoms with E-state index in [0.717, 1.165) is 41.4 Å². The molecule has 0 saturated carbocycles. The number of aryl methyl sites for hydroxylation is 2. The molecular weight excluding hydrogens is 417 g/mol. The number of nitrogens with one attached hydrogen (secondary N) is 3. The van der Waals surface area contributed by atoms with Crippen LogP contribution in [0.2, 0.25) is 0 Å². The molecule has 1 aromatic heterocycles. The molecule has 4 aromatic rings. The monoisotopic (exact) mass is 441 g/mol. The molecule has 2 amide bonds. The molecule has 6 heteroatoms. The fraction of sp³-hybridized carbons (Fsp3) is 0.185. The Kier molecular flexibility index (Phi) is 5.65. The van der Waals surface area contributed by atoms with E-state index in [2.05, 4.69) is 21.7 Å². The van der Waals surface area contributed by atoms with Crippen LogP contribution in [0.1, 0.15) is 33.5 Å². The minimum Gasteiger partial charge on any atom is -0.361 e. The number of anilines is 1. The van der Waals surface area contributed by atoms with Crippen LogP contribution >= 0.6 is 0 Å². The smallest absolute Gasteiger partial charge is 0.251 e. The van der Waals surface area contributed by atoms with Gasteiger partial charge in [-0.2, -0.15) is 0 Å². The van der Waals surface area contributed by atoms with E-state index >= 15 is 0 Å². The number of carbonyl (C=O) groups excluding carboxylic acids is 2. The summed E-state index contributed by atoms with van der Waals surface area (Å²) in [5.74, 6) is -1.14. The number of aromatic nitrogens is 1. The minimum atomic E-state index is -0.810. The van der Waals surface area contributed by atoms with Crippen molar-refractivity contribution in [3.05, 3.63) is 101 Å². The molecule has 166 valence electrons. The fourth-order valence-corrected chi connectivity index (χ4v) is 4.45. The Morgan fingerprint density at radius 3 is 2.61 bits per heavy atom. The van der Waals surface area contributed by atoms with E-state index in [1.54, 1.807) is 0 Å². The third-order valence-corrected chi connectivity index (χ3v) is 6.19. The van der Waals surface area contributed by atoms with Crippen molar-refractivity contribution in [1.29, 1.82) is 0 Å². The molecule has 0 unspecified atom stereocenters. The average molecular weight is 442 g/mol. The molecule has 0 aliphatic heterocycles. The Morgan fingerprint density at radius 2 is 1.76 bits per heavy atom. The van der Waals surface area contributed by atoms with Crippen LogP contribution in [0.15, 0.2) is 72.9 Å². The van der Waals surface area contributed by atoms with Crippen LogP contribution in [0.3, 0.4) is 0 Å². The standard InChI is InChI=1S/C27H24FN3O2/c28-21-11-8-18(9-12-21)26(32)31-25(15-20-16-29-24-7-2-1-6-23(20)24)27(33)30-22-13-10-17-4-3-5-19(17)14-22/h1-2,6-14,16,25,29H,3-5,15H2,(H,30,33)(H,31,32)/t25-/m0/s1. The van der Waals surface area contributed by atoms with E-state index in [9.17, 15) is 14.0 Å². The summed E-state index contributed by atoms with van der Waals surface area (Å²) in [4.78, 5) is 29.4. The molecule has 0 fully saturated rings. The van der Waals surface area contributed by atoms with Crippen LogP contribution in [-0.2, 0) is 24.1 Å². The third-order valence-electron chi connectivity index (χ3n) is 6.19. The number of hydrogen-bond donors (Lipinski definition) is 3. The maximum Gasteiger partial charge on any atom is 0.251 e. The van der Waals surface area contributed by atoms with Crippen molar-refractivity contribution in [2.24, 2.45) is 0 Å². The van der Waals surface area contributed by atoms with E-state index in [1.807, 2.05) is 42.6 Å². The molecule has 0 radical (unpaired) electrons. The first-order valence-electron chi connectivity index (χ1n) is 11.1. The van der Waals surface area contributed by atoms with Crippen LogP contribution in [-0.4, -0.2) is 22.8 Å². The van der Waals surface area contributed by atoms with Crippen LogP contribution in [0.25, 0.3) is 10.9 Å². The van der Waals surface area contributed by atoms with Gasteiger partial charge in [0.05, 0.1) is 0 Å². The molecule has 33 heavy (non-hydrogen) atoms. The number of amides is 2. The number of H-pyrrole nitrogens is 1. The Bertz CT molecular complexity index is 1330. The first-order valence-corrected chi connectivity index (χ1v) is 11.1. The summed E-state index contributed by atoms with van der Waals surface area (Å²) < 4.78 is 13.3. The van der Waals surface area contributed by atoms with Crippen LogP contribution in [0.5, 0.6) is 0 Å². The second-order valence-electron chi connectivity index (χ2n) is 8.42. The number of rotatable bonds is 6. The van der Waals surface area contributed by atoms with Gasteiger partial charge in [0.15, 0.2) is 0 Å². The quantitative estimate of drug-likeness (QED) is 0.403. The summed E-state index contributed by atoms with van der Waals surface area (Å²) >= 11 is 0. The van der Waals surface area contributed by atoms with Crippen molar-refractivity contribution in [2.75, 3.05) is 5.32 Å². The lowest BCUT2D eigenvalue weighted by Gasteiger charge is -2.19. The summed E-state index contributed by atoms with van der Waals surface area (Å²) in [6.45, 7) is 0. The van der Waals surface area contributed by atoms with E-state index in [4.69, 9.17) is 0 Å². The van der Waals surface area contributed by atoms with Gasteiger partial charge >= 0.3 is 0 Å². The molecule has 1 atom stereocenters. The van der Waals surface area contributed by atoms with Crippen molar-refractivity contribution in [1.82, 2.24) is 10.3 Å². The molecule has 3 N–H and O–H groups in total. The zero-order valence-electron chi connectivity index (χ0n) is 18.0. The lowest BCUT2D eigenvalue weighted by atomic mass is 10.0. The Labute approximate surface area is 191 Å². The van der Waals surface area contributed by atoms with Gasteiger partial charge in [0.1, 0.15) is 11.9 Å². The predicted molar refractivity (Wildman–Crippen MR) is 127 cm³/mol. The van der Waals surface area contributed by atoms with Crippen molar-refractivity contribution in [2.45, 2.75) is 31.7 Å². The molecule has 1 aliphatic carbocycles. The maximum atomic E-state index is 13.3. The van der Waals surface area contributed by atoms with Crippen molar-refractivity contribution in [3.63, 3.8) is 0 Å². The van der Waals surface area contributed by atoms with Crippen LogP contribution in [0.4, 0.5) is 10.1 Å². The third kappa shape index (κ3) is 4.51. The molecule has 5 nitrogen and oxygen atoms in total. The second kappa shape index (κ2) is 8.90. The fourth-order valence-electron chi connectivity index (χ4n) is 4.45. The highest BCUT2D eigenvalue weighted by molar-refractivity contribution is 6.01. The van der Waals surface area contributed by atoms with Gasteiger partial charge < -0.3 is 15.6 Å². The first-order chi connectivity index (χ1) is 16.1. The molecule has 1 aliphatic rings. The van der Waals surface area contributed by atoms with E-state index < -0.39 is 17.8 Å². The Balaban J connectivity index is 1.40. The van der Waals surface area contributed by atoms with Gasteiger partial charge in [0.2, 0.25) is 5.91 Å². The largest absolute Gasteiger partial charge is 0.361 e. The van der Waals surface area contributed by atoms with Gasteiger partial charge in [-0.1, -0.05) is 24.3 Å². The van der Waals surface area contributed by atoms with E-state index in [-0.39, 0.29) is 5.91 Å². The number of halogens is 1. The lowest BCUT2D eigenvalue weighted by molar-refractivity contribution is -0.118. The van der Waals surface area contributed by atoms with Gasteiger partial charge in [-0.15, -0.1) is 0 Å². The zero-order chi connectivity index (χ0) is 22.8. The average Bonchev–Trinajstić information content (AvgIpc) is 3.46. The highest BCUT2D eigenvalue weighted by Gasteiger charge is 2.24. The normalized spacial score (nSPS) is 13.5. The van der Waals surface area contributed by atoms with Crippen LogP contribution in [0, 0.1) is 5.82 Å². The number of aromatic amines is 1. The summed E-state index contributed by atoms with van der Waals surface area (Å²) in [5, 5.41) is 6.82. The molecule has 3 aromatic carbocycles.